The van der Waals surface area contributed by atoms with Crippen molar-refractivity contribution >= 4 is 0 Å². The molecule has 0 N–H and O–H groups in total. The van der Waals surface area contributed by atoms with Gasteiger partial charge in [-0.25, -0.2) is 0 Å². The highest BCUT2D eigenvalue weighted by molar-refractivity contribution is 4.75. The molecule has 18 heavy (non-hydrogen) atoms. The summed E-state index contributed by atoms with van der Waals surface area (Å²) in [5, 5.41) is 0. The van der Waals surface area contributed by atoms with Crippen LogP contribution in [0, 0.1) is 10.8 Å². The van der Waals surface area contributed by atoms with Crippen LogP contribution in [0.3, 0.4) is 0 Å². The lowest BCUT2D eigenvalue weighted by Gasteiger charge is -2.37. The highest BCUT2D eigenvalue weighted by atomic mass is 15.3. The Morgan fingerprint density at radius 2 is 0.889 bits per heavy atom. The lowest BCUT2D eigenvalue weighted by molar-refractivity contribution is 0.112. The molecule has 0 aromatic rings. The molecule has 1 fully saturated rings. The van der Waals surface area contributed by atoms with Gasteiger partial charge in [-0.2, -0.15) is 0 Å². The van der Waals surface area contributed by atoms with Crippen molar-refractivity contribution in [1.29, 1.82) is 0 Å². The van der Waals surface area contributed by atoms with Crippen molar-refractivity contribution in [2.24, 2.45) is 10.8 Å². The fourth-order valence-electron chi connectivity index (χ4n) is 2.22. The summed E-state index contributed by atoms with van der Waals surface area (Å²) in [6.45, 7) is 21.6. The van der Waals surface area contributed by atoms with Gasteiger partial charge in [0.05, 0.1) is 0 Å². The van der Waals surface area contributed by atoms with Crippen LogP contribution in [0.4, 0.5) is 0 Å². The van der Waals surface area contributed by atoms with E-state index >= 15 is 0 Å². The van der Waals surface area contributed by atoms with Gasteiger partial charge in [-0.15, -0.1) is 0 Å². The monoisotopic (exact) mass is 254 g/mol. The molecule has 0 aromatic carbocycles. The van der Waals surface area contributed by atoms with Gasteiger partial charge < -0.3 is 9.80 Å². The van der Waals surface area contributed by atoms with Gasteiger partial charge in [-0.05, 0) is 36.8 Å². The molecule has 0 aliphatic carbocycles. The summed E-state index contributed by atoms with van der Waals surface area (Å²) in [7, 11) is 0. The Bertz CT molecular complexity index is 200. The van der Waals surface area contributed by atoms with Crippen molar-refractivity contribution in [3.05, 3.63) is 0 Å². The van der Waals surface area contributed by atoms with E-state index in [9.17, 15) is 0 Å². The van der Waals surface area contributed by atoms with Gasteiger partial charge in [0.2, 0.25) is 0 Å². The van der Waals surface area contributed by atoms with E-state index < -0.39 is 0 Å². The number of nitrogens with zero attached hydrogens (tertiary/aromatic N) is 2. The van der Waals surface area contributed by atoms with Crippen molar-refractivity contribution in [2.45, 2.75) is 54.4 Å². The zero-order valence-electron chi connectivity index (χ0n) is 13.6. The van der Waals surface area contributed by atoms with Gasteiger partial charge in [0.1, 0.15) is 0 Å². The molecule has 2 nitrogen and oxygen atoms in total. The maximum Gasteiger partial charge on any atom is 0.0110 e. The third-order valence-electron chi connectivity index (χ3n) is 3.82. The van der Waals surface area contributed by atoms with E-state index in [0.29, 0.717) is 10.8 Å². The van der Waals surface area contributed by atoms with Gasteiger partial charge in [0, 0.05) is 26.2 Å². The predicted molar refractivity (Wildman–Crippen MR) is 81.0 cm³/mol. The second-order valence-electron chi connectivity index (χ2n) is 8.30. The van der Waals surface area contributed by atoms with Crippen LogP contribution in [-0.4, -0.2) is 49.1 Å². The lowest BCUT2D eigenvalue weighted by atomic mass is 9.91. The van der Waals surface area contributed by atoms with Gasteiger partial charge in [0.25, 0.3) is 0 Å². The fraction of sp³-hybridized carbons (Fsp3) is 1.00. The number of rotatable bonds is 4. The Kier molecular flexibility index (Phi) is 5.67. The number of hydrogen-bond acceptors (Lipinski definition) is 2. The molecule has 0 spiro atoms. The van der Waals surface area contributed by atoms with Crippen LogP contribution in [0.5, 0.6) is 0 Å². The van der Waals surface area contributed by atoms with E-state index in [1.165, 1.54) is 52.1 Å². The van der Waals surface area contributed by atoms with Crippen LogP contribution in [0.15, 0.2) is 0 Å². The summed E-state index contributed by atoms with van der Waals surface area (Å²) in [6, 6.07) is 0. The summed E-state index contributed by atoms with van der Waals surface area (Å²) in [5.74, 6) is 0. The molecule has 1 heterocycles. The average molecular weight is 254 g/mol. The molecule has 1 saturated heterocycles. The van der Waals surface area contributed by atoms with Crippen molar-refractivity contribution in [2.75, 3.05) is 39.3 Å². The highest BCUT2D eigenvalue weighted by Gasteiger charge is 2.20. The SMILES string of the molecule is CC(C)(C)CCN1CCN(CCC(C)(C)C)CC1. The van der Waals surface area contributed by atoms with E-state index in [2.05, 4.69) is 51.3 Å². The Hall–Kier alpha value is -0.0800. The molecular formula is C16H34N2. The molecular weight excluding hydrogens is 220 g/mol. The molecule has 0 bridgehead atoms. The molecule has 1 aliphatic heterocycles. The Balaban J connectivity index is 2.17. The molecule has 0 atom stereocenters. The molecule has 0 amide bonds. The Morgan fingerprint density at radius 1 is 0.611 bits per heavy atom. The fourth-order valence-corrected chi connectivity index (χ4v) is 2.22. The Morgan fingerprint density at radius 3 is 1.11 bits per heavy atom. The minimum Gasteiger partial charge on any atom is -0.301 e. The first kappa shape index (κ1) is 16.0. The van der Waals surface area contributed by atoms with Crippen molar-refractivity contribution in [1.82, 2.24) is 9.80 Å². The molecule has 2 heteroatoms. The maximum atomic E-state index is 2.64. The summed E-state index contributed by atoms with van der Waals surface area (Å²) in [4.78, 5) is 5.28. The van der Waals surface area contributed by atoms with Crippen molar-refractivity contribution < 1.29 is 0 Å². The molecule has 1 rings (SSSR count). The standard InChI is InChI=1S/C16H34N2/c1-15(2,3)7-9-17-11-13-18(14-12-17)10-8-16(4,5)6/h7-14H2,1-6H3. The second-order valence-corrected chi connectivity index (χ2v) is 8.30. The first-order valence-electron chi connectivity index (χ1n) is 7.60. The molecule has 0 aromatic heterocycles. The largest absolute Gasteiger partial charge is 0.301 e. The first-order valence-corrected chi connectivity index (χ1v) is 7.60. The van der Waals surface area contributed by atoms with Gasteiger partial charge in [-0.3, -0.25) is 0 Å². The van der Waals surface area contributed by atoms with Crippen LogP contribution in [-0.2, 0) is 0 Å². The summed E-state index contributed by atoms with van der Waals surface area (Å²) in [5.41, 5.74) is 0.951. The number of piperazine rings is 1. The van der Waals surface area contributed by atoms with Crippen LogP contribution in [0.25, 0.3) is 0 Å². The predicted octanol–water partition coefficient (Wildman–Crippen LogP) is 3.48. The third kappa shape index (κ3) is 7.38. The van der Waals surface area contributed by atoms with Gasteiger partial charge >= 0.3 is 0 Å². The topological polar surface area (TPSA) is 6.48 Å². The average Bonchev–Trinajstić information content (AvgIpc) is 2.23. The molecule has 1 aliphatic rings. The van der Waals surface area contributed by atoms with E-state index in [-0.39, 0.29) is 0 Å². The smallest absolute Gasteiger partial charge is 0.0110 e. The highest BCUT2D eigenvalue weighted by Crippen LogP contribution is 2.21. The van der Waals surface area contributed by atoms with Crippen LogP contribution >= 0.6 is 0 Å². The summed E-state index contributed by atoms with van der Waals surface area (Å²) >= 11 is 0. The zero-order valence-corrected chi connectivity index (χ0v) is 13.6. The molecule has 108 valence electrons. The second kappa shape index (κ2) is 6.38. The lowest BCUT2D eigenvalue weighted by Crippen LogP contribution is -2.47. The van der Waals surface area contributed by atoms with Gasteiger partial charge in [0.15, 0.2) is 0 Å². The van der Waals surface area contributed by atoms with Crippen LogP contribution in [0.1, 0.15) is 54.4 Å². The van der Waals surface area contributed by atoms with E-state index in [4.69, 9.17) is 0 Å². The van der Waals surface area contributed by atoms with Gasteiger partial charge in [-0.1, -0.05) is 41.5 Å². The minimum absolute atomic E-state index is 0.476. The Labute approximate surface area is 115 Å². The normalized spacial score (nSPS) is 20.3. The van der Waals surface area contributed by atoms with E-state index in [1.54, 1.807) is 0 Å². The maximum absolute atomic E-state index is 2.64. The first-order chi connectivity index (χ1) is 8.16. The summed E-state index contributed by atoms with van der Waals surface area (Å²) in [6.07, 6.45) is 2.63. The van der Waals surface area contributed by atoms with Crippen molar-refractivity contribution in [3.8, 4) is 0 Å². The summed E-state index contributed by atoms with van der Waals surface area (Å²) < 4.78 is 0. The van der Waals surface area contributed by atoms with Crippen molar-refractivity contribution in [3.63, 3.8) is 0 Å². The zero-order chi connectivity index (χ0) is 13.8. The van der Waals surface area contributed by atoms with E-state index in [1.807, 2.05) is 0 Å². The molecule has 0 unspecified atom stereocenters. The molecule has 0 saturated carbocycles. The minimum atomic E-state index is 0.476. The van der Waals surface area contributed by atoms with E-state index in [0.717, 1.165) is 0 Å². The van der Waals surface area contributed by atoms with Crippen LogP contribution < -0.4 is 0 Å². The van der Waals surface area contributed by atoms with Crippen LogP contribution in [0.2, 0.25) is 0 Å². The molecule has 0 radical (unpaired) electrons. The number of hydrogen-bond donors (Lipinski definition) is 0. The quantitative estimate of drug-likeness (QED) is 0.758. The third-order valence-corrected chi connectivity index (χ3v) is 3.82.